The van der Waals surface area contributed by atoms with Crippen LogP contribution in [0.25, 0.3) is 0 Å². The molecule has 1 rings (SSSR count). The summed E-state index contributed by atoms with van der Waals surface area (Å²) in [6, 6.07) is 9.43. The molecule has 15 heavy (non-hydrogen) atoms. The Labute approximate surface area is 93.9 Å². The fourth-order valence-electron chi connectivity index (χ4n) is 1.80. The lowest BCUT2D eigenvalue weighted by molar-refractivity contribution is 0.520. The van der Waals surface area contributed by atoms with Crippen LogP contribution in [0.15, 0.2) is 24.3 Å². The van der Waals surface area contributed by atoms with Crippen molar-refractivity contribution in [3.05, 3.63) is 35.4 Å². The highest BCUT2D eigenvalue weighted by Gasteiger charge is 2.09. The van der Waals surface area contributed by atoms with Crippen molar-refractivity contribution in [1.29, 1.82) is 0 Å². The predicted octanol–water partition coefficient (Wildman–Crippen LogP) is 3.49. The van der Waals surface area contributed by atoms with Gasteiger partial charge in [0.15, 0.2) is 0 Å². The first-order valence-electron chi connectivity index (χ1n) is 5.93. The van der Waals surface area contributed by atoms with Gasteiger partial charge in [0.05, 0.1) is 0 Å². The van der Waals surface area contributed by atoms with Gasteiger partial charge >= 0.3 is 0 Å². The van der Waals surface area contributed by atoms with Crippen molar-refractivity contribution >= 4 is 0 Å². The Bertz CT molecular complexity index is 291. The molecule has 0 heterocycles. The van der Waals surface area contributed by atoms with Crippen molar-refractivity contribution in [2.75, 3.05) is 6.54 Å². The van der Waals surface area contributed by atoms with Crippen LogP contribution < -0.4 is 5.32 Å². The minimum absolute atomic E-state index is 0.573. The average Bonchev–Trinajstić information content (AvgIpc) is 2.18. The van der Waals surface area contributed by atoms with Gasteiger partial charge < -0.3 is 5.32 Å². The van der Waals surface area contributed by atoms with Crippen molar-refractivity contribution in [3.8, 4) is 0 Å². The zero-order chi connectivity index (χ0) is 11.3. The second-order valence-corrected chi connectivity index (χ2v) is 4.58. The van der Waals surface area contributed by atoms with E-state index in [0.717, 1.165) is 6.54 Å². The standard InChI is InChI=1S/C14H23N/c1-5-13(10-15-11(2)3)14-8-6-7-12(4)9-14/h6-9,11,13,15H,5,10H2,1-4H3. The first-order valence-corrected chi connectivity index (χ1v) is 5.93. The third kappa shape index (κ3) is 4.05. The largest absolute Gasteiger partial charge is 0.314 e. The number of nitrogens with one attached hydrogen (secondary N) is 1. The number of aryl methyl sites for hydroxylation is 1. The van der Waals surface area contributed by atoms with E-state index in [4.69, 9.17) is 0 Å². The van der Waals surface area contributed by atoms with Crippen LogP contribution in [0.2, 0.25) is 0 Å². The fraction of sp³-hybridized carbons (Fsp3) is 0.571. The molecule has 1 aromatic rings. The maximum Gasteiger partial charge on any atom is 0.00224 e. The highest BCUT2D eigenvalue weighted by atomic mass is 14.9. The lowest BCUT2D eigenvalue weighted by atomic mass is 9.95. The zero-order valence-corrected chi connectivity index (χ0v) is 10.4. The van der Waals surface area contributed by atoms with Gasteiger partial charge in [0.25, 0.3) is 0 Å². The van der Waals surface area contributed by atoms with Gasteiger partial charge in [-0.2, -0.15) is 0 Å². The summed E-state index contributed by atoms with van der Waals surface area (Å²) >= 11 is 0. The van der Waals surface area contributed by atoms with Crippen LogP contribution in [0.4, 0.5) is 0 Å². The molecule has 1 nitrogen and oxygen atoms in total. The Morgan fingerprint density at radius 2 is 2.00 bits per heavy atom. The van der Waals surface area contributed by atoms with Crippen LogP contribution in [0.5, 0.6) is 0 Å². The summed E-state index contributed by atoms with van der Waals surface area (Å²) in [6.45, 7) is 9.89. The van der Waals surface area contributed by atoms with Gasteiger partial charge in [-0.3, -0.25) is 0 Å². The molecule has 1 heteroatoms. The summed E-state index contributed by atoms with van der Waals surface area (Å²) in [5, 5.41) is 3.51. The maximum atomic E-state index is 3.51. The molecule has 0 radical (unpaired) electrons. The molecule has 84 valence electrons. The smallest absolute Gasteiger partial charge is 0.00224 e. The highest BCUT2D eigenvalue weighted by molar-refractivity contribution is 5.25. The van der Waals surface area contributed by atoms with Crippen molar-refractivity contribution in [3.63, 3.8) is 0 Å². The second-order valence-electron chi connectivity index (χ2n) is 4.58. The van der Waals surface area contributed by atoms with Gasteiger partial charge in [0.2, 0.25) is 0 Å². The molecule has 0 saturated heterocycles. The third-order valence-corrected chi connectivity index (χ3v) is 2.78. The van der Waals surface area contributed by atoms with E-state index < -0.39 is 0 Å². The van der Waals surface area contributed by atoms with Crippen LogP contribution >= 0.6 is 0 Å². The molecule has 1 N–H and O–H groups in total. The van der Waals surface area contributed by atoms with E-state index in [2.05, 4.69) is 57.3 Å². The van der Waals surface area contributed by atoms with E-state index in [1.807, 2.05) is 0 Å². The van der Waals surface area contributed by atoms with E-state index in [1.54, 1.807) is 0 Å². The molecule has 0 bridgehead atoms. The van der Waals surface area contributed by atoms with E-state index >= 15 is 0 Å². The molecule has 0 aliphatic carbocycles. The summed E-state index contributed by atoms with van der Waals surface area (Å²) in [4.78, 5) is 0. The van der Waals surface area contributed by atoms with Gasteiger partial charge in [0.1, 0.15) is 0 Å². The van der Waals surface area contributed by atoms with Crippen LogP contribution in [-0.2, 0) is 0 Å². The number of hydrogen-bond donors (Lipinski definition) is 1. The minimum Gasteiger partial charge on any atom is -0.314 e. The molecule has 0 amide bonds. The first-order chi connectivity index (χ1) is 7.13. The van der Waals surface area contributed by atoms with Crippen LogP contribution in [0.1, 0.15) is 44.2 Å². The van der Waals surface area contributed by atoms with Crippen molar-refractivity contribution in [2.24, 2.45) is 0 Å². The van der Waals surface area contributed by atoms with Gasteiger partial charge in [0, 0.05) is 12.6 Å². The summed E-state index contributed by atoms with van der Waals surface area (Å²) in [5.41, 5.74) is 2.82. The molecule has 0 fully saturated rings. The van der Waals surface area contributed by atoms with Crippen molar-refractivity contribution in [1.82, 2.24) is 5.32 Å². The lowest BCUT2D eigenvalue weighted by Crippen LogP contribution is -2.27. The molecule has 0 saturated carbocycles. The first kappa shape index (κ1) is 12.3. The Kier molecular flexibility index (Phi) is 4.83. The van der Waals surface area contributed by atoms with Crippen molar-refractivity contribution < 1.29 is 0 Å². The van der Waals surface area contributed by atoms with Crippen LogP contribution in [-0.4, -0.2) is 12.6 Å². The summed E-state index contributed by atoms with van der Waals surface area (Å²) < 4.78 is 0. The fourth-order valence-corrected chi connectivity index (χ4v) is 1.80. The van der Waals surface area contributed by atoms with E-state index in [0.29, 0.717) is 12.0 Å². The van der Waals surface area contributed by atoms with E-state index in [9.17, 15) is 0 Å². The molecule has 1 aromatic carbocycles. The maximum absolute atomic E-state index is 3.51. The molecular formula is C14H23N. The minimum atomic E-state index is 0.573. The number of hydrogen-bond acceptors (Lipinski definition) is 1. The average molecular weight is 205 g/mol. The molecule has 0 spiro atoms. The van der Waals surface area contributed by atoms with Gasteiger partial charge in [-0.15, -0.1) is 0 Å². The Morgan fingerprint density at radius 3 is 2.53 bits per heavy atom. The van der Waals surface area contributed by atoms with E-state index in [-0.39, 0.29) is 0 Å². The quantitative estimate of drug-likeness (QED) is 0.776. The molecular weight excluding hydrogens is 182 g/mol. The number of benzene rings is 1. The predicted molar refractivity (Wildman–Crippen MR) is 67.3 cm³/mol. The van der Waals surface area contributed by atoms with Crippen LogP contribution in [0, 0.1) is 6.92 Å². The topological polar surface area (TPSA) is 12.0 Å². The van der Waals surface area contributed by atoms with Gasteiger partial charge in [-0.25, -0.2) is 0 Å². The van der Waals surface area contributed by atoms with E-state index in [1.165, 1.54) is 17.5 Å². The molecule has 0 aliphatic heterocycles. The Hall–Kier alpha value is -0.820. The van der Waals surface area contributed by atoms with Crippen molar-refractivity contribution in [2.45, 2.75) is 46.1 Å². The Balaban J connectivity index is 2.65. The highest BCUT2D eigenvalue weighted by Crippen LogP contribution is 2.19. The molecule has 0 aromatic heterocycles. The normalized spacial score (nSPS) is 13.1. The molecule has 0 aliphatic rings. The Morgan fingerprint density at radius 1 is 1.27 bits per heavy atom. The van der Waals surface area contributed by atoms with Gasteiger partial charge in [-0.1, -0.05) is 50.6 Å². The lowest BCUT2D eigenvalue weighted by Gasteiger charge is -2.18. The summed E-state index contributed by atoms with van der Waals surface area (Å²) in [6.07, 6.45) is 1.20. The zero-order valence-electron chi connectivity index (χ0n) is 10.4. The SMILES string of the molecule is CCC(CNC(C)C)c1cccc(C)c1. The monoisotopic (exact) mass is 205 g/mol. The summed E-state index contributed by atoms with van der Waals surface area (Å²) in [7, 11) is 0. The second kappa shape index (κ2) is 5.92. The third-order valence-electron chi connectivity index (χ3n) is 2.78. The summed E-state index contributed by atoms with van der Waals surface area (Å²) in [5.74, 6) is 0.646. The van der Waals surface area contributed by atoms with Gasteiger partial charge in [-0.05, 0) is 24.8 Å². The van der Waals surface area contributed by atoms with Crippen LogP contribution in [0.3, 0.4) is 0 Å². The number of rotatable bonds is 5. The molecule has 1 atom stereocenters. The molecule has 1 unspecified atom stereocenters.